The lowest BCUT2D eigenvalue weighted by atomic mass is 9.93. The van der Waals surface area contributed by atoms with Crippen LogP contribution in [0.3, 0.4) is 0 Å². The van der Waals surface area contributed by atoms with E-state index in [-0.39, 0.29) is 29.1 Å². The third-order valence-electron chi connectivity index (χ3n) is 5.97. The number of rotatable bonds is 13. The van der Waals surface area contributed by atoms with Gasteiger partial charge in [0, 0.05) is 19.2 Å². The Kier molecular flexibility index (Phi) is 12.3. The third-order valence-corrected chi connectivity index (χ3v) is 5.97. The molecule has 11 heteroatoms. The SMILES string of the molecule is Cc1ccc(CNC(=O)C(CCCCNC(=O)C(C#N)=CC(C)(C)C)NC(=O)C(C)NC(=O)c2cc(C)on2)cc1. The van der Waals surface area contributed by atoms with Crippen LogP contribution in [0.2, 0.25) is 0 Å². The van der Waals surface area contributed by atoms with Crippen molar-refractivity contribution in [2.24, 2.45) is 5.41 Å². The Morgan fingerprint density at radius 1 is 1.02 bits per heavy atom. The number of amides is 4. The number of hydrogen-bond acceptors (Lipinski definition) is 7. The summed E-state index contributed by atoms with van der Waals surface area (Å²) in [5.41, 5.74) is 1.80. The van der Waals surface area contributed by atoms with Gasteiger partial charge in [0.1, 0.15) is 29.5 Å². The maximum Gasteiger partial charge on any atom is 0.274 e. The molecular formula is C30H40N6O5. The molecule has 0 fully saturated rings. The predicted octanol–water partition coefficient (Wildman–Crippen LogP) is 2.99. The van der Waals surface area contributed by atoms with E-state index in [1.54, 1.807) is 13.0 Å². The minimum Gasteiger partial charge on any atom is -0.361 e. The van der Waals surface area contributed by atoms with E-state index in [1.807, 2.05) is 58.0 Å². The van der Waals surface area contributed by atoms with Crippen molar-refractivity contribution in [3.05, 3.63) is 64.6 Å². The highest BCUT2D eigenvalue weighted by Gasteiger charge is 2.25. The van der Waals surface area contributed by atoms with Crippen LogP contribution in [-0.2, 0) is 20.9 Å². The second kappa shape index (κ2) is 15.4. The Hall–Kier alpha value is -4.46. The molecule has 41 heavy (non-hydrogen) atoms. The van der Waals surface area contributed by atoms with Crippen LogP contribution in [0.1, 0.15) is 74.3 Å². The third kappa shape index (κ3) is 11.7. The zero-order valence-electron chi connectivity index (χ0n) is 24.6. The van der Waals surface area contributed by atoms with Gasteiger partial charge >= 0.3 is 0 Å². The summed E-state index contributed by atoms with van der Waals surface area (Å²) in [4.78, 5) is 50.7. The molecule has 0 radical (unpaired) electrons. The Morgan fingerprint density at radius 2 is 1.71 bits per heavy atom. The van der Waals surface area contributed by atoms with Crippen LogP contribution in [0, 0.1) is 30.6 Å². The van der Waals surface area contributed by atoms with Crippen LogP contribution in [0.15, 0.2) is 46.5 Å². The van der Waals surface area contributed by atoms with Crippen molar-refractivity contribution >= 4 is 23.6 Å². The van der Waals surface area contributed by atoms with E-state index in [2.05, 4.69) is 26.4 Å². The summed E-state index contributed by atoms with van der Waals surface area (Å²) in [6, 6.07) is 9.31. The highest BCUT2D eigenvalue weighted by atomic mass is 16.5. The van der Waals surface area contributed by atoms with Gasteiger partial charge in [-0.3, -0.25) is 19.2 Å². The molecule has 0 aliphatic rings. The smallest absolute Gasteiger partial charge is 0.274 e. The number of carbonyl (C=O) groups excluding carboxylic acids is 4. The largest absolute Gasteiger partial charge is 0.361 e. The lowest BCUT2D eigenvalue weighted by Crippen LogP contribution is -2.52. The van der Waals surface area contributed by atoms with Crippen molar-refractivity contribution in [1.29, 1.82) is 5.26 Å². The van der Waals surface area contributed by atoms with Crippen molar-refractivity contribution < 1.29 is 23.7 Å². The average molecular weight is 565 g/mol. The van der Waals surface area contributed by atoms with Crippen LogP contribution >= 0.6 is 0 Å². The summed E-state index contributed by atoms with van der Waals surface area (Å²) in [5, 5.41) is 23.8. The first-order chi connectivity index (χ1) is 19.3. The second-order valence-electron chi connectivity index (χ2n) is 11.1. The average Bonchev–Trinajstić information content (AvgIpc) is 3.35. The molecule has 2 unspecified atom stereocenters. The van der Waals surface area contributed by atoms with Gasteiger partial charge in [-0.25, -0.2) is 0 Å². The summed E-state index contributed by atoms with van der Waals surface area (Å²) in [5.74, 6) is -1.46. The van der Waals surface area contributed by atoms with Gasteiger partial charge < -0.3 is 25.8 Å². The van der Waals surface area contributed by atoms with E-state index < -0.39 is 29.8 Å². The number of aryl methyl sites for hydroxylation is 2. The lowest BCUT2D eigenvalue weighted by Gasteiger charge is -2.21. The van der Waals surface area contributed by atoms with Crippen molar-refractivity contribution in [3.63, 3.8) is 0 Å². The van der Waals surface area contributed by atoms with E-state index in [9.17, 15) is 24.4 Å². The van der Waals surface area contributed by atoms with Gasteiger partial charge in [0.2, 0.25) is 11.8 Å². The van der Waals surface area contributed by atoms with Gasteiger partial charge in [-0.15, -0.1) is 0 Å². The molecule has 1 aromatic heterocycles. The van der Waals surface area contributed by atoms with Crippen LogP contribution < -0.4 is 21.3 Å². The Bertz CT molecular complexity index is 1280. The van der Waals surface area contributed by atoms with Crippen LogP contribution in [0.5, 0.6) is 0 Å². The molecule has 2 rings (SSSR count). The van der Waals surface area contributed by atoms with Gasteiger partial charge in [0.15, 0.2) is 5.69 Å². The van der Waals surface area contributed by atoms with Gasteiger partial charge in [0.25, 0.3) is 11.8 Å². The van der Waals surface area contributed by atoms with Gasteiger partial charge in [-0.1, -0.05) is 61.8 Å². The number of nitrogens with zero attached hydrogens (tertiary/aromatic N) is 2. The number of carbonyl (C=O) groups is 4. The molecule has 0 bridgehead atoms. The van der Waals surface area contributed by atoms with Crippen molar-refractivity contribution in [2.75, 3.05) is 6.54 Å². The van der Waals surface area contributed by atoms with E-state index >= 15 is 0 Å². The van der Waals surface area contributed by atoms with Crippen LogP contribution in [0.25, 0.3) is 0 Å². The van der Waals surface area contributed by atoms with Crippen LogP contribution in [0.4, 0.5) is 0 Å². The molecule has 0 saturated heterocycles. The first kappa shape index (κ1) is 32.8. The highest BCUT2D eigenvalue weighted by molar-refractivity contribution is 5.97. The topological polar surface area (TPSA) is 166 Å². The minimum absolute atomic E-state index is 0.0495. The molecule has 220 valence electrons. The number of unbranched alkanes of at least 4 members (excludes halogenated alkanes) is 1. The quantitative estimate of drug-likeness (QED) is 0.165. The molecule has 4 amide bonds. The van der Waals surface area contributed by atoms with E-state index in [1.165, 1.54) is 13.0 Å². The van der Waals surface area contributed by atoms with Gasteiger partial charge in [0.05, 0.1) is 0 Å². The number of aromatic nitrogens is 1. The van der Waals surface area contributed by atoms with E-state index in [0.717, 1.165) is 11.1 Å². The zero-order valence-corrected chi connectivity index (χ0v) is 24.6. The maximum atomic E-state index is 13.1. The predicted molar refractivity (Wildman–Crippen MR) is 153 cm³/mol. The first-order valence-corrected chi connectivity index (χ1v) is 13.6. The molecule has 0 aliphatic heterocycles. The van der Waals surface area contributed by atoms with E-state index in [4.69, 9.17) is 4.52 Å². The minimum atomic E-state index is -0.940. The standard InChI is InChI=1S/C30H40N6O5/c1-19-10-12-22(13-11-19)18-33-28(39)24(9-7-8-14-32-27(38)23(17-31)16-30(4,5)6)35-26(37)21(3)34-29(40)25-15-20(2)41-36-25/h10-13,15-16,21,24H,7-9,14,18H2,1-6H3,(H,32,38)(H,33,39)(H,34,40)(H,35,37). The van der Waals surface area contributed by atoms with Crippen LogP contribution in [-0.4, -0.2) is 47.4 Å². The zero-order chi connectivity index (χ0) is 30.6. The molecule has 0 aliphatic carbocycles. The second-order valence-corrected chi connectivity index (χ2v) is 11.1. The molecule has 1 aromatic carbocycles. The number of nitriles is 1. The number of hydrogen-bond donors (Lipinski definition) is 4. The fourth-order valence-electron chi connectivity index (χ4n) is 3.75. The molecule has 0 spiro atoms. The summed E-state index contributed by atoms with van der Waals surface area (Å²) >= 11 is 0. The van der Waals surface area contributed by atoms with Crippen molar-refractivity contribution in [3.8, 4) is 6.07 Å². The Balaban J connectivity index is 1.97. The summed E-state index contributed by atoms with van der Waals surface area (Å²) in [6.45, 7) is 11.4. The summed E-state index contributed by atoms with van der Waals surface area (Å²) < 4.78 is 4.90. The summed E-state index contributed by atoms with van der Waals surface area (Å²) in [6.07, 6.45) is 2.95. The number of benzene rings is 1. The molecule has 2 atom stereocenters. The molecule has 2 aromatic rings. The van der Waals surface area contributed by atoms with E-state index in [0.29, 0.717) is 31.6 Å². The molecule has 1 heterocycles. The Labute approximate surface area is 241 Å². The first-order valence-electron chi connectivity index (χ1n) is 13.6. The monoisotopic (exact) mass is 564 g/mol. The summed E-state index contributed by atoms with van der Waals surface area (Å²) in [7, 11) is 0. The molecular weight excluding hydrogens is 524 g/mol. The molecule has 0 saturated carbocycles. The fraction of sp³-hybridized carbons (Fsp3) is 0.467. The van der Waals surface area contributed by atoms with Crippen molar-refractivity contribution in [1.82, 2.24) is 26.4 Å². The highest BCUT2D eigenvalue weighted by Crippen LogP contribution is 2.17. The molecule has 11 nitrogen and oxygen atoms in total. The number of nitrogens with one attached hydrogen (secondary N) is 4. The van der Waals surface area contributed by atoms with Gasteiger partial charge in [-0.05, 0) is 51.0 Å². The molecule has 4 N–H and O–H groups in total. The van der Waals surface area contributed by atoms with Gasteiger partial charge in [-0.2, -0.15) is 5.26 Å². The van der Waals surface area contributed by atoms with Crippen molar-refractivity contribution in [2.45, 2.75) is 79.4 Å². The normalized spacial score (nSPS) is 13.0. The maximum absolute atomic E-state index is 13.1. The number of allylic oxidation sites excluding steroid dienone is 1. The lowest BCUT2D eigenvalue weighted by molar-refractivity contribution is -0.130. The Morgan fingerprint density at radius 3 is 2.29 bits per heavy atom. The fourth-order valence-corrected chi connectivity index (χ4v) is 3.75.